The number of rotatable bonds is 4. The van der Waals surface area contributed by atoms with Crippen LogP contribution in [0.4, 0.5) is 4.79 Å². The molecule has 2 aromatic rings. The molecule has 1 saturated heterocycles. The van der Waals surface area contributed by atoms with Crippen molar-refractivity contribution in [2.45, 2.75) is 6.54 Å². The van der Waals surface area contributed by atoms with Crippen molar-refractivity contribution in [1.82, 2.24) is 4.90 Å². The van der Waals surface area contributed by atoms with E-state index < -0.39 is 0 Å². The molecule has 0 N–H and O–H groups in total. The van der Waals surface area contributed by atoms with Gasteiger partial charge in [0.15, 0.2) is 11.5 Å². The van der Waals surface area contributed by atoms with Crippen LogP contribution in [0, 0.1) is 7.14 Å². The molecule has 2 heterocycles. The molecular formula is C19H12ClI2NO5S. The molecule has 0 aromatic heterocycles. The van der Waals surface area contributed by atoms with Gasteiger partial charge in [-0.25, -0.2) is 0 Å². The second kappa shape index (κ2) is 8.52. The van der Waals surface area contributed by atoms with Gasteiger partial charge < -0.3 is 14.2 Å². The molecule has 2 amide bonds. The molecule has 0 unspecified atom stereocenters. The fourth-order valence-corrected chi connectivity index (χ4v) is 6.08. The van der Waals surface area contributed by atoms with Crippen LogP contribution in [0.3, 0.4) is 0 Å². The summed E-state index contributed by atoms with van der Waals surface area (Å²) >= 11 is 11.6. The molecule has 10 heteroatoms. The van der Waals surface area contributed by atoms with Crippen molar-refractivity contribution >= 4 is 85.8 Å². The van der Waals surface area contributed by atoms with Crippen LogP contribution in [0.2, 0.25) is 5.02 Å². The Balaban J connectivity index is 1.63. The standard InChI is InChI=1S/C19H12ClI2NO5S/c1-26-17-9(2-11(21)5-13(17)22)4-16-18(24)23(19(25)29-16)7-10-3-14-15(6-12(10)20)28-8-27-14/h2-6H,7-8H2,1H3/b16-4-. The van der Waals surface area contributed by atoms with Gasteiger partial charge in [0.25, 0.3) is 11.1 Å². The molecule has 0 spiro atoms. The lowest BCUT2D eigenvalue weighted by Crippen LogP contribution is -2.27. The molecule has 2 aliphatic heterocycles. The lowest BCUT2D eigenvalue weighted by atomic mass is 10.1. The van der Waals surface area contributed by atoms with Crippen LogP contribution in [0.5, 0.6) is 17.2 Å². The zero-order valence-electron chi connectivity index (χ0n) is 14.8. The molecule has 0 aliphatic carbocycles. The Morgan fingerprint density at radius 2 is 1.93 bits per heavy atom. The number of methoxy groups -OCH3 is 1. The van der Waals surface area contributed by atoms with E-state index in [0.29, 0.717) is 32.7 Å². The van der Waals surface area contributed by atoms with Crippen LogP contribution in [-0.2, 0) is 11.3 Å². The minimum Gasteiger partial charge on any atom is -0.495 e. The average Bonchev–Trinajstić information content (AvgIpc) is 3.21. The Hall–Kier alpha value is -1.18. The molecule has 0 atom stereocenters. The quantitative estimate of drug-likeness (QED) is 0.320. The largest absolute Gasteiger partial charge is 0.495 e. The number of hydrogen-bond acceptors (Lipinski definition) is 6. The van der Waals surface area contributed by atoms with Crippen LogP contribution >= 0.6 is 68.5 Å². The zero-order chi connectivity index (χ0) is 20.7. The van der Waals surface area contributed by atoms with Crippen LogP contribution in [0.15, 0.2) is 29.2 Å². The number of nitrogens with zero attached hydrogens (tertiary/aromatic N) is 1. The number of fused-ring (bicyclic) bond motifs is 1. The zero-order valence-corrected chi connectivity index (χ0v) is 20.7. The Labute approximate surface area is 203 Å². The molecule has 0 bridgehead atoms. The van der Waals surface area contributed by atoms with Gasteiger partial charge in [-0.15, -0.1) is 0 Å². The molecule has 2 aliphatic rings. The first-order valence-electron chi connectivity index (χ1n) is 8.24. The molecule has 0 saturated carbocycles. The van der Waals surface area contributed by atoms with Crippen molar-refractivity contribution in [1.29, 1.82) is 0 Å². The molecule has 29 heavy (non-hydrogen) atoms. The average molecular weight is 656 g/mol. The maximum atomic E-state index is 12.9. The van der Waals surface area contributed by atoms with E-state index in [1.165, 1.54) is 4.90 Å². The van der Waals surface area contributed by atoms with E-state index in [9.17, 15) is 9.59 Å². The fourth-order valence-electron chi connectivity index (χ4n) is 2.93. The van der Waals surface area contributed by atoms with E-state index >= 15 is 0 Å². The van der Waals surface area contributed by atoms with Gasteiger partial charge in [0.2, 0.25) is 6.79 Å². The number of imide groups is 1. The van der Waals surface area contributed by atoms with Crippen LogP contribution in [0.25, 0.3) is 6.08 Å². The highest BCUT2D eigenvalue weighted by Gasteiger charge is 2.36. The summed E-state index contributed by atoms with van der Waals surface area (Å²) in [5, 5.41) is 0.0559. The lowest BCUT2D eigenvalue weighted by Gasteiger charge is -2.14. The van der Waals surface area contributed by atoms with Crippen molar-refractivity contribution in [3.63, 3.8) is 0 Å². The first kappa shape index (κ1) is 21.1. The predicted molar refractivity (Wildman–Crippen MR) is 128 cm³/mol. The topological polar surface area (TPSA) is 65.1 Å². The number of benzene rings is 2. The number of carbonyl (C=O) groups excluding carboxylic acids is 2. The van der Waals surface area contributed by atoms with Gasteiger partial charge >= 0.3 is 0 Å². The lowest BCUT2D eigenvalue weighted by molar-refractivity contribution is -0.123. The Morgan fingerprint density at radius 3 is 2.66 bits per heavy atom. The summed E-state index contributed by atoms with van der Waals surface area (Å²) in [5.74, 6) is 1.39. The van der Waals surface area contributed by atoms with Crippen molar-refractivity contribution in [2.24, 2.45) is 0 Å². The van der Waals surface area contributed by atoms with Crippen molar-refractivity contribution in [3.05, 3.63) is 52.5 Å². The smallest absolute Gasteiger partial charge is 0.293 e. The number of halogens is 3. The minimum atomic E-state index is -0.371. The number of ether oxygens (including phenoxy) is 3. The molecular weight excluding hydrogens is 644 g/mol. The van der Waals surface area contributed by atoms with E-state index in [2.05, 4.69) is 45.2 Å². The number of carbonyl (C=O) groups is 2. The highest BCUT2D eigenvalue weighted by molar-refractivity contribution is 14.1. The Bertz CT molecular complexity index is 1080. The number of thioether (sulfide) groups is 1. The van der Waals surface area contributed by atoms with Crippen LogP contribution < -0.4 is 14.2 Å². The fraction of sp³-hybridized carbons (Fsp3) is 0.158. The van der Waals surface area contributed by atoms with Gasteiger partial charge in [0.1, 0.15) is 5.75 Å². The third kappa shape index (κ3) is 4.19. The second-order valence-corrected chi connectivity index (χ2v) is 9.88. The summed E-state index contributed by atoms with van der Waals surface area (Å²) in [6.07, 6.45) is 1.69. The molecule has 0 radical (unpaired) electrons. The third-order valence-electron chi connectivity index (χ3n) is 4.27. The summed E-state index contributed by atoms with van der Waals surface area (Å²) in [6.45, 7) is 0.175. The van der Waals surface area contributed by atoms with Gasteiger partial charge in [-0.3, -0.25) is 14.5 Å². The van der Waals surface area contributed by atoms with Gasteiger partial charge in [-0.1, -0.05) is 11.6 Å². The van der Waals surface area contributed by atoms with Crippen molar-refractivity contribution in [2.75, 3.05) is 13.9 Å². The number of amides is 2. The number of hydrogen-bond donors (Lipinski definition) is 0. The first-order valence-corrected chi connectivity index (χ1v) is 11.6. The normalized spacial score (nSPS) is 16.8. The summed E-state index contributed by atoms with van der Waals surface area (Å²) < 4.78 is 18.0. The van der Waals surface area contributed by atoms with Crippen LogP contribution in [-0.4, -0.2) is 29.9 Å². The van der Waals surface area contributed by atoms with Gasteiger partial charge in [-0.05, 0) is 86.8 Å². The molecule has 6 nitrogen and oxygen atoms in total. The molecule has 2 aromatic carbocycles. The van der Waals surface area contributed by atoms with Crippen molar-refractivity contribution in [3.8, 4) is 17.2 Å². The minimum absolute atomic E-state index is 0.0540. The third-order valence-corrected chi connectivity index (χ3v) is 6.95. The van der Waals surface area contributed by atoms with Crippen LogP contribution in [0.1, 0.15) is 11.1 Å². The van der Waals surface area contributed by atoms with E-state index in [0.717, 1.165) is 24.5 Å². The molecule has 150 valence electrons. The first-order chi connectivity index (χ1) is 13.9. The SMILES string of the molecule is COc1c(I)cc(I)cc1/C=C1\SC(=O)N(Cc2cc3c(cc2Cl)OCO3)C1=O. The summed E-state index contributed by atoms with van der Waals surface area (Å²) in [5.41, 5.74) is 1.36. The monoisotopic (exact) mass is 655 g/mol. The predicted octanol–water partition coefficient (Wildman–Crippen LogP) is 5.52. The van der Waals surface area contributed by atoms with Gasteiger partial charge in [0, 0.05) is 20.2 Å². The second-order valence-electron chi connectivity index (χ2n) is 6.07. The van der Waals surface area contributed by atoms with Gasteiger partial charge in [0.05, 0.1) is 22.1 Å². The summed E-state index contributed by atoms with van der Waals surface area (Å²) in [7, 11) is 1.58. The van der Waals surface area contributed by atoms with E-state index in [-0.39, 0.29) is 24.5 Å². The highest BCUT2D eigenvalue weighted by Crippen LogP contribution is 2.40. The van der Waals surface area contributed by atoms with E-state index in [1.807, 2.05) is 12.1 Å². The summed E-state index contributed by atoms with van der Waals surface area (Å²) in [6, 6.07) is 7.21. The Kier molecular flexibility index (Phi) is 6.19. The maximum Gasteiger partial charge on any atom is 0.293 e. The highest BCUT2D eigenvalue weighted by atomic mass is 127. The van der Waals surface area contributed by atoms with E-state index in [4.69, 9.17) is 25.8 Å². The van der Waals surface area contributed by atoms with E-state index in [1.54, 1.807) is 25.3 Å². The molecule has 4 rings (SSSR count). The van der Waals surface area contributed by atoms with Gasteiger partial charge in [-0.2, -0.15) is 0 Å². The Morgan fingerprint density at radius 1 is 1.21 bits per heavy atom. The summed E-state index contributed by atoms with van der Waals surface area (Å²) in [4.78, 5) is 26.9. The maximum absolute atomic E-state index is 12.9. The van der Waals surface area contributed by atoms with Crippen molar-refractivity contribution < 1.29 is 23.8 Å². The molecule has 1 fully saturated rings.